The van der Waals surface area contributed by atoms with Gasteiger partial charge < -0.3 is 19.8 Å². The molecule has 6 heteroatoms. The van der Waals surface area contributed by atoms with Crippen molar-refractivity contribution in [1.82, 2.24) is 0 Å². The predicted molar refractivity (Wildman–Crippen MR) is 46.9 cm³/mol. The molecule has 0 bridgehead atoms. The molecule has 0 aliphatic rings. The van der Waals surface area contributed by atoms with Gasteiger partial charge in [-0.1, -0.05) is 39.0 Å². The fourth-order valence-corrected chi connectivity index (χ4v) is 1.28. The third-order valence-electron chi connectivity index (χ3n) is 2.17. The minimum atomic E-state index is -1.54. The number of carboxylic acid groups (broad SMARTS) is 2. The molecule has 0 rings (SSSR count). The summed E-state index contributed by atoms with van der Waals surface area (Å²) < 4.78 is 0. The van der Waals surface area contributed by atoms with E-state index in [1.807, 2.05) is 0 Å². The zero-order chi connectivity index (χ0) is 11.0. The molecular weight excluding hydrogens is 246 g/mol. The number of hydrogen-bond donors (Lipinski definition) is 0. The van der Waals surface area contributed by atoms with E-state index < -0.39 is 17.9 Å². The van der Waals surface area contributed by atoms with Crippen molar-refractivity contribution in [2.45, 2.75) is 45.4 Å². The second-order valence-electron chi connectivity index (χ2n) is 3.39. The standard InChI is InChI=1S/C10H18O4.K.Na/c1-2-3-4-5-6-7-8(9(11)12)10(13)14;;/h8H,2-7H2,1H3,(H,11,12)(H,13,14);;/q;2*+1/p-2. The Hall–Kier alpha value is 1.58. The van der Waals surface area contributed by atoms with E-state index in [0.29, 0.717) is 6.42 Å². The van der Waals surface area contributed by atoms with Crippen LogP contribution < -0.4 is 91.2 Å². The molecule has 0 saturated heterocycles. The van der Waals surface area contributed by atoms with E-state index in [1.165, 1.54) is 0 Å². The number of rotatable bonds is 8. The number of aliphatic carboxylic acids is 2. The number of unbranched alkanes of at least 4 members (excludes halogenated alkanes) is 4. The number of carbonyl (C=O) groups is 2. The summed E-state index contributed by atoms with van der Waals surface area (Å²) in [6, 6.07) is 0. The van der Waals surface area contributed by atoms with Crippen molar-refractivity contribution < 1.29 is 101 Å². The first-order valence-corrected chi connectivity index (χ1v) is 5.01. The quantitative estimate of drug-likeness (QED) is 0.247. The summed E-state index contributed by atoms with van der Waals surface area (Å²) in [4.78, 5) is 20.7. The van der Waals surface area contributed by atoms with Crippen LogP contribution in [-0.4, -0.2) is 11.9 Å². The molecule has 0 saturated carbocycles. The molecule has 16 heavy (non-hydrogen) atoms. The van der Waals surface area contributed by atoms with E-state index in [2.05, 4.69) is 6.92 Å². The van der Waals surface area contributed by atoms with Crippen LogP contribution in [0.2, 0.25) is 0 Å². The average Bonchev–Trinajstić information content (AvgIpc) is 2.09. The van der Waals surface area contributed by atoms with E-state index in [1.54, 1.807) is 0 Å². The van der Waals surface area contributed by atoms with Crippen molar-refractivity contribution in [3.05, 3.63) is 0 Å². The predicted octanol–water partition coefficient (Wildman–Crippen LogP) is -6.53. The zero-order valence-corrected chi connectivity index (χ0v) is 15.6. The summed E-state index contributed by atoms with van der Waals surface area (Å²) in [7, 11) is 0. The number of carbonyl (C=O) groups excluding carboxylic acids is 2. The van der Waals surface area contributed by atoms with Crippen LogP contribution in [0.3, 0.4) is 0 Å². The Kier molecular flexibility index (Phi) is 20.8. The van der Waals surface area contributed by atoms with Crippen LogP contribution in [0.4, 0.5) is 0 Å². The Morgan fingerprint density at radius 2 is 1.44 bits per heavy atom. The first-order chi connectivity index (χ1) is 6.59. The van der Waals surface area contributed by atoms with E-state index in [0.717, 1.165) is 25.7 Å². The fourth-order valence-electron chi connectivity index (χ4n) is 1.28. The van der Waals surface area contributed by atoms with E-state index in [-0.39, 0.29) is 87.4 Å². The molecule has 0 unspecified atom stereocenters. The summed E-state index contributed by atoms with van der Waals surface area (Å²) in [5.41, 5.74) is 0. The molecule has 0 aromatic heterocycles. The smallest absolute Gasteiger partial charge is 0.549 e. The second kappa shape index (κ2) is 14.6. The van der Waals surface area contributed by atoms with Crippen LogP contribution in [0.5, 0.6) is 0 Å². The summed E-state index contributed by atoms with van der Waals surface area (Å²) in [5.74, 6) is -4.53. The summed E-state index contributed by atoms with van der Waals surface area (Å²) in [5, 5.41) is 20.7. The monoisotopic (exact) mass is 262 g/mol. The van der Waals surface area contributed by atoms with Gasteiger partial charge in [0.05, 0.1) is 11.9 Å². The Balaban J connectivity index is -0.000000845. The minimum absolute atomic E-state index is 0. The molecule has 82 valence electrons. The van der Waals surface area contributed by atoms with Crippen molar-refractivity contribution >= 4 is 11.9 Å². The van der Waals surface area contributed by atoms with Gasteiger partial charge in [-0.05, 0) is 6.42 Å². The third kappa shape index (κ3) is 12.0. The van der Waals surface area contributed by atoms with Crippen LogP contribution in [0.15, 0.2) is 0 Å². The van der Waals surface area contributed by atoms with Crippen LogP contribution in [-0.2, 0) is 9.59 Å². The molecule has 0 spiro atoms. The van der Waals surface area contributed by atoms with Crippen molar-refractivity contribution in [2.75, 3.05) is 0 Å². The van der Waals surface area contributed by atoms with Gasteiger partial charge in [0, 0.05) is 5.92 Å². The summed E-state index contributed by atoms with van der Waals surface area (Å²) >= 11 is 0. The van der Waals surface area contributed by atoms with Gasteiger partial charge in [-0.3, -0.25) is 0 Å². The Morgan fingerprint density at radius 3 is 1.81 bits per heavy atom. The maximum atomic E-state index is 10.3. The van der Waals surface area contributed by atoms with Crippen LogP contribution >= 0.6 is 0 Å². The van der Waals surface area contributed by atoms with Gasteiger partial charge in [-0.25, -0.2) is 0 Å². The van der Waals surface area contributed by atoms with Gasteiger partial charge in [0.1, 0.15) is 0 Å². The third-order valence-corrected chi connectivity index (χ3v) is 2.17. The number of carboxylic acids is 2. The van der Waals surface area contributed by atoms with E-state index in [9.17, 15) is 19.8 Å². The van der Waals surface area contributed by atoms with Gasteiger partial charge in [-0.2, -0.15) is 0 Å². The van der Waals surface area contributed by atoms with Crippen molar-refractivity contribution in [3.8, 4) is 0 Å². The van der Waals surface area contributed by atoms with Crippen LogP contribution in [0.25, 0.3) is 0 Å². The summed E-state index contributed by atoms with van der Waals surface area (Å²) in [6.07, 6.45) is 4.81. The molecule has 0 N–H and O–H groups in total. The van der Waals surface area contributed by atoms with Crippen molar-refractivity contribution in [3.63, 3.8) is 0 Å². The van der Waals surface area contributed by atoms with Gasteiger partial charge in [0.15, 0.2) is 0 Å². The molecule has 0 aliphatic heterocycles. The molecule has 0 atom stereocenters. The van der Waals surface area contributed by atoms with Gasteiger partial charge in [0.2, 0.25) is 0 Å². The van der Waals surface area contributed by atoms with Crippen molar-refractivity contribution in [2.24, 2.45) is 5.92 Å². The fraction of sp³-hybridized carbons (Fsp3) is 0.800. The normalized spacial score (nSPS) is 9.12. The van der Waals surface area contributed by atoms with Crippen LogP contribution in [0.1, 0.15) is 45.4 Å². The van der Waals surface area contributed by atoms with E-state index in [4.69, 9.17) is 0 Å². The first kappa shape index (κ1) is 22.7. The largest absolute Gasteiger partial charge is 1.00 e. The first-order valence-electron chi connectivity index (χ1n) is 5.01. The Morgan fingerprint density at radius 1 is 1.00 bits per heavy atom. The molecule has 0 amide bonds. The number of hydrogen-bond acceptors (Lipinski definition) is 4. The van der Waals surface area contributed by atoms with Gasteiger partial charge >= 0.3 is 80.9 Å². The molecular formula is C10H16KNaO4. The summed E-state index contributed by atoms with van der Waals surface area (Å²) in [6.45, 7) is 2.07. The minimum Gasteiger partial charge on any atom is -0.549 e. The molecule has 0 aliphatic carbocycles. The zero-order valence-electron chi connectivity index (χ0n) is 10.5. The Labute approximate surface area is 161 Å². The van der Waals surface area contributed by atoms with Crippen LogP contribution in [0, 0.1) is 5.92 Å². The molecule has 0 radical (unpaired) electrons. The molecule has 0 heterocycles. The topological polar surface area (TPSA) is 80.3 Å². The molecule has 0 aromatic carbocycles. The van der Waals surface area contributed by atoms with Crippen molar-refractivity contribution in [1.29, 1.82) is 0 Å². The molecule has 0 fully saturated rings. The maximum Gasteiger partial charge on any atom is 1.00 e. The molecule has 4 nitrogen and oxygen atoms in total. The van der Waals surface area contributed by atoms with Gasteiger partial charge in [0.25, 0.3) is 0 Å². The second-order valence-corrected chi connectivity index (χ2v) is 3.39. The average molecular weight is 262 g/mol. The SMILES string of the molecule is CCCCCCCC(C(=O)[O-])C(=O)[O-].[K+].[Na+]. The maximum absolute atomic E-state index is 10.3. The van der Waals surface area contributed by atoms with Gasteiger partial charge in [-0.15, -0.1) is 0 Å². The van der Waals surface area contributed by atoms with E-state index >= 15 is 0 Å². The molecule has 0 aromatic rings. The Bertz CT molecular complexity index is 185.